The predicted octanol–water partition coefficient (Wildman–Crippen LogP) is 5.98. The number of fused-ring (bicyclic) bond motifs is 6. The zero-order valence-electron chi connectivity index (χ0n) is 20.1. The summed E-state index contributed by atoms with van der Waals surface area (Å²) in [6.45, 7) is 0. The Hall–Kier alpha value is -5.30. The quantitative estimate of drug-likeness (QED) is 0.304. The monoisotopic (exact) mass is 489 g/mol. The topological polar surface area (TPSA) is 82.3 Å². The standard InChI is InChI=1S/C31H19N7/c1-3-27(36-13-19(1)31-21-5-9-32-15-23(21)24-16-33-10-6-22(24)31)28-4-2-20(14-37-28)38-29-7-11-34-17-25(29)26-18-35-12-8-30(26)38/h1-18,31H. The number of pyridine rings is 6. The van der Waals surface area contributed by atoms with Gasteiger partial charge in [0.1, 0.15) is 0 Å². The minimum absolute atomic E-state index is 0.113. The summed E-state index contributed by atoms with van der Waals surface area (Å²) >= 11 is 0. The first kappa shape index (κ1) is 20.8. The highest BCUT2D eigenvalue weighted by Gasteiger charge is 2.30. The van der Waals surface area contributed by atoms with E-state index in [2.05, 4.69) is 54.8 Å². The average Bonchev–Trinajstić information content (AvgIpc) is 3.51. The van der Waals surface area contributed by atoms with Gasteiger partial charge in [-0.15, -0.1) is 0 Å². The van der Waals surface area contributed by atoms with Crippen molar-refractivity contribution in [3.8, 4) is 28.2 Å². The van der Waals surface area contributed by atoms with Crippen LogP contribution in [0.4, 0.5) is 0 Å². The van der Waals surface area contributed by atoms with Crippen molar-refractivity contribution >= 4 is 21.8 Å². The lowest BCUT2D eigenvalue weighted by Crippen LogP contribution is -2.01. The molecule has 1 aliphatic rings. The van der Waals surface area contributed by atoms with Gasteiger partial charge in [0.15, 0.2) is 0 Å². The lowest BCUT2D eigenvalue weighted by molar-refractivity contribution is 0.989. The molecular weight excluding hydrogens is 470 g/mol. The van der Waals surface area contributed by atoms with Crippen LogP contribution in [0.2, 0.25) is 0 Å². The molecule has 7 heterocycles. The molecule has 0 aromatic carbocycles. The molecule has 7 aromatic heterocycles. The summed E-state index contributed by atoms with van der Waals surface area (Å²) in [5.74, 6) is 0.113. The summed E-state index contributed by atoms with van der Waals surface area (Å²) in [5, 5.41) is 2.14. The van der Waals surface area contributed by atoms with Crippen molar-refractivity contribution in [3.05, 3.63) is 127 Å². The highest BCUT2D eigenvalue weighted by molar-refractivity contribution is 6.08. The number of hydrogen-bond donors (Lipinski definition) is 0. The van der Waals surface area contributed by atoms with Gasteiger partial charge < -0.3 is 4.57 Å². The number of rotatable bonds is 3. The summed E-state index contributed by atoms with van der Waals surface area (Å²) < 4.78 is 2.19. The summed E-state index contributed by atoms with van der Waals surface area (Å²) in [7, 11) is 0. The second kappa shape index (κ2) is 8.11. The lowest BCUT2D eigenvalue weighted by atomic mass is 9.91. The smallest absolute Gasteiger partial charge is 0.0887 e. The number of hydrogen-bond acceptors (Lipinski definition) is 6. The van der Waals surface area contributed by atoms with Crippen LogP contribution < -0.4 is 0 Å². The van der Waals surface area contributed by atoms with Crippen LogP contribution in [0.25, 0.3) is 50.0 Å². The zero-order valence-corrected chi connectivity index (χ0v) is 20.1. The molecule has 7 aromatic rings. The van der Waals surface area contributed by atoms with E-state index in [9.17, 15) is 0 Å². The van der Waals surface area contributed by atoms with Gasteiger partial charge in [-0.05, 0) is 59.2 Å². The maximum absolute atomic E-state index is 4.81. The third-order valence-corrected chi connectivity index (χ3v) is 7.38. The van der Waals surface area contributed by atoms with E-state index < -0.39 is 0 Å². The van der Waals surface area contributed by atoms with Crippen LogP contribution >= 0.6 is 0 Å². The van der Waals surface area contributed by atoms with E-state index >= 15 is 0 Å². The fourth-order valence-electron chi connectivity index (χ4n) is 5.68. The lowest BCUT2D eigenvalue weighted by Gasteiger charge is -2.14. The molecule has 0 aliphatic heterocycles. The van der Waals surface area contributed by atoms with Crippen molar-refractivity contribution in [1.82, 2.24) is 34.5 Å². The molecule has 0 N–H and O–H groups in total. The van der Waals surface area contributed by atoms with E-state index in [0.29, 0.717) is 0 Å². The summed E-state index contributed by atoms with van der Waals surface area (Å²) in [4.78, 5) is 26.9. The van der Waals surface area contributed by atoms with Crippen molar-refractivity contribution < 1.29 is 0 Å². The second-order valence-electron chi connectivity index (χ2n) is 9.36. The first-order valence-corrected chi connectivity index (χ1v) is 12.4. The van der Waals surface area contributed by atoms with Crippen LogP contribution in [0.3, 0.4) is 0 Å². The summed E-state index contributed by atoms with van der Waals surface area (Å²) in [6.07, 6.45) is 18.8. The molecule has 0 amide bonds. The third kappa shape index (κ3) is 3.02. The van der Waals surface area contributed by atoms with Crippen LogP contribution in [0.5, 0.6) is 0 Å². The first-order chi connectivity index (χ1) is 18.9. The summed E-state index contributed by atoms with van der Waals surface area (Å²) in [5.41, 5.74) is 10.7. The van der Waals surface area contributed by atoms with Gasteiger partial charge in [0, 0.05) is 83.6 Å². The third-order valence-electron chi connectivity index (χ3n) is 7.38. The highest BCUT2D eigenvalue weighted by Crippen LogP contribution is 2.47. The average molecular weight is 490 g/mol. The Labute approximate surface area is 217 Å². The molecule has 1 aliphatic carbocycles. The fourth-order valence-corrected chi connectivity index (χ4v) is 5.68. The van der Waals surface area contributed by atoms with Gasteiger partial charge in [-0.25, -0.2) is 0 Å². The minimum Gasteiger partial charge on any atom is -0.307 e. The largest absolute Gasteiger partial charge is 0.307 e. The van der Waals surface area contributed by atoms with Crippen LogP contribution in [0.15, 0.2) is 110 Å². The van der Waals surface area contributed by atoms with E-state index in [0.717, 1.165) is 55.6 Å². The van der Waals surface area contributed by atoms with Gasteiger partial charge in [-0.1, -0.05) is 6.07 Å². The number of aromatic nitrogens is 7. The van der Waals surface area contributed by atoms with Gasteiger partial charge in [0.2, 0.25) is 0 Å². The molecule has 0 fully saturated rings. The van der Waals surface area contributed by atoms with E-state index in [1.165, 1.54) is 11.1 Å². The highest BCUT2D eigenvalue weighted by atomic mass is 15.0. The van der Waals surface area contributed by atoms with E-state index in [1.807, 2.05) is 80.2 Å². The first-order valence-electron chi connectivity index (χ1n) is 12.4. The second-order valence-corrected chi connectivity index (χ2v) is 9.36. The van der Waals surface area contributed by atoms with Crippen LogP contribution in [0, 0.1) is 0 Å². The molecule has 0 saturated heterocycles. The fraction of sp³-hybridized carbons (Fsp3) is 0.0323. The van der Waals surface area contributed by atoms with Gasteiger partial charge in [-0.2, -0.15) is 0 Å². The van der Waals surface area contributed by atoms with Crippen molar-refractivity contribution in [2.45, 2.75) is 5.92 Å². The molecule has 8 rings (SSSR count). The maximum Gasteiger partial charge on any atom is 0.0887 e. The molecule has 7 nitrogen and oxygen atoms in total. The Morgan fingerprint density at radius 1 is 0.500 bits per heavy atom. The number of nitrogens with zero attached hydrogens (tertiary/aromatic N) is 7. The van der Waals surface area contributed by atoms with Gasteiger partial charge >= 0.3 is 0 Å². The van der Waals surface area contributed by atoms with Gasteiger partial charge in [0.25, 0.3) is 0 Å². The van der Waals surface area contributed by atoms with Crippen LogP contribution in [-0.4, -0.2) is 34.5 Å². The van der Waals surface area contributed by atoms with E-state index in [-0.39, 0.29) is 5.92 Å². The molecule has 178 valence electrons. The Balaban J connectivity index is 1.16. The molecular formula is C31H19N7. The van der Waals surface area contributed by atoms with E-state index in [1.54, 1.807) is 0 Å². The SMILES string of the molecule is c1cc2c(cn1)-c1cnccc1C2c1ccc(-c2ccc(-n3c4ccncc4c4cnccc43)cn2)nc1. The molecule has 0 spiro atoms. The zero-order chi connectivity index (χ0) is 25.1. The molecule has 0 atom stereocenters. The summed E-state index contributed by atoms with van der Waals surface area (Å²) in [6, 6.07) is 16.5. The van der Waals surface area contributed by atoms with Gasteiger partial charge in [0.05, 0.1) is 34.3 Å². The van der Waals surface area contributed by atoms with Crippen molar-refractivity contribution in [2.75, 3.05) is 0 Å². The Kier molecular flexibility index (Phi) is 4.45. The van der Waals surface area contributed by atoms with Crippen molar-refractivity contribution in [1.29, 1.82) is 0 Å². The van der Waals surface area contributed by atoms with E-state index in [4.69, 9.17) is 9.97 Å². The normalized spacial score (nSPS) is 12.6. The van der Waals surface area contributed by atoms with Crippen molar-refractivity contribution in [2.24, 2.45) is 0 Å². The van der Waals surface area contributed by atoms with Crippen LogP contribution in [0.1, 0.15) is 22.6 Å². The molecule has 7 heteroatoms. The minimum atomic E-state index is 0.113. The predicted molar refractivity (Wildman–Crippen MR) is 146 cm³/mol. The Morgan fingerprint density at radius 2 is 1.05 bits per heavy atom. The van der Waals surface area contributed by atoms with Crippen molar-refractivity contribution in [3.63, 3.8) is 0 Å². The molecule has 0 unspecified atom stereocenters. The Morgan fingerprint density at radius 3 is 1.61 bits per heavy atom. The molecule has 0 saturated carbocycles. The van der Waals surface area contributed by atoms with Gasteiger partial charge in [-0.3, -0.25) is 29.9 Å². The maximum atomic E-state index is 4.81. The molecule has 0 radical (unpaired) electrons. The van der Waals surface area contributed by atoms with Crippen LogP contribution in [-0.2, 0) is 0 Å². The Bertz CT molecular complexity index is 1880. The molecule has 0 bridgehead atoms. The molecule has 38 heavy (non-hydrogen) atoms.